The average molecular weight is 379 g/mol. The summed E-state index contributed by atoms with van der Waals surface area (Å²) in [5.41, 5.74) is 0.403. The minimum atomic E-state index is -0.531. The number of ether oxygens (including phenoxy) is 3. The molecule has 0 aromatic heterocycles. The standard InChI is InChI=1S/C22H34O5/c1-11-9-17-19-18-15(8-12(2)20(19)26-14(4)23)13(3)10-25-22(5,21(18)27-17)7-6-16(11)24/h12-13,15-21,24H,1,6-10H2,2-5H3/t12-,13+,15+,16-,17+,18+,19+,20-,21+,22+/m1/s1. The van der Waals surface area contributed by atoms with Gasteiger partial charge >= 0.3 is 5.97 Å². The number of esters is 1. The molecular weight excluding hydrogens is 344 g/mol. The molecule has 5 nitrogen and oxygen atoms in total. The van der Waals surface area contributed by atoms with E-state index >= 15 is 0 Å². The van der Waals surface area contributed by atoms with Crippen LogP contribution in [0, 0.1) is 29.6 Å². The summed E-state index contributed by atoms with van der Waals surface area (Å²) in [5.74, 6) is 1.47. The van der Waals surface area contributed by atoms with Crippen LogP contribution in [0.1, 0.15) is 53.4 Å². The largest absolute Gasteiger partial charge is 0.462 e. The molecule has 0 radical (unpaired) electrons. The van der Waals surface area contributed by atoms with Gasteiger partial charge in [-0.3, -0.25) is 4.79 Å². The van der Waals surface area contributed by atoms with Gasteiger partial charge in [-0.25, -0.2) is 0 Å². The molecule has 3 saturated heterocycles. The van der Waals surface area contributed by atoms with E-state index in [0.717, 1.165) is 25.0 Å². The van der Waals surface area contributed by atoms with Crippen LogP contribution in [0.2, 0.25) is 0 Å². The van der Waals surface area contributed by atoms with E-state index in [9.17, 15) is 9.90 Å². The number of aliphatic hydroxyl groups excluding tert-OH is 1. The smallest absolute Gasteiger partial charge is 0.302 e. The van der Waals surface area contributed by atoms with Gasteiger partial charge in [0.15, 0.2) is 0 Å². The van der Waals surface area contributed by atoms with Gasteiger partial charge in [0.25, 0.3) is 0 Å². The molecule has 10 atom stereocenters. The third kappa shape index (κ3) is 3.16. The second kappa shape index (κ2) is 6.85. The molecule has 0 aromatic rings. The third-order valence-corrected chi connectivity index (χ3v) is 7.78. The van der Waals surface area contributed by atoms with Crippen molar-refractivity contribution in [2.45, 2.75) is 83.4 Å². The maximum atomic E-state index is 11.9. The number of carbonyl (C=O) groups is 1. The highest BCUT2D eigenvalue weighted by Crippen LogP contribution is 2.57. The lowest BCUT2D eigenvalue weighted by Crippen LogP contribution is -2.52. The van der Waals surface area contributed by atoms with Crippen LogP contribution >= 0.6 is 0 Å². The second-order valence-corrected chi connectivity index (χ2v) is 9.72. The van der Waals surface area contributed by atoms with Crippen molar-refractivity contribution in [1.82, 2.24) is 0 Å². The second-order valence-electron chi connectivity index (χ2n) is 9.72. The number of carbonyl (C=O) groups excluding carboxylic acids is 1. The maximum Gasteiger partial charge on any atom is 0.302 e. The van der Waals surface area contributed by atoms with E-state index in [1.165, 1.54) is 6.92 Å². The summed E-state index contributed by atoms with van der Waals surface area (Å²) in [7, 11) is 0. The van der Waals surface area contributed by atoms with Crippen LogP contribution in [0.3, 0.4) is 0 Å². The predicted octanol–water partition coefficient (Wildman–Crippen LogP) is 3.10. The first-order valence-electron chi connectivity index (χ1n) is 10.5. The van der Waals surface area contributed by atoms with Crippen LogP contribution in [0.15, 0.2) is 12.2 Å². The van der Waals surface area contributed by atoms with Crippen molar-refractivity contribution in [3.8, 4) is 0 Å². The summed E-state index contributed by atoms with van der Waals surface area (Å²) in [4.78, 5) is 11.9. The first-order valence-corrected chi connectivity index (χ1v) is 10.5. The van der Waals surface area contributed by atoms with Crippen molar-refractivity contribution in [1.29, 1.82) is 0 Å². The monoisotopic (exact) mass is 378 g/mol. The molecule has 4 rings (SSSR count). The van der Waals surface area contributed by atoms with Crippen molar-refractivity contribution >= 4 is 5.97 Å². The molecule has 1 N–H and O–H groups in total. The van der Waals surface area contributed by atoms with Crippen molar-refractivity contribution < 1.29 is 24.1 Å². The SMILES string of the molecule is C=C1C[C@@H]2O[C@H]3[C@H]4[C@@H](C[C@@H](C)[C@@H](OC(C)=O)[C@H]42)[C@@H](C)CO[C@@]3(C)CC[C@H]1O. The zero-order valence-corrected chi connectivity index (χ0v) is 17.0. The molecule has 27 heavy (non-hydrogen) atoms. The number of rotatable bonds is 1. The Bertz CT molecular complexity index is 618. The summed E-state index contributed by atoms with van der Waals surface area (Å²) < 4.78 is 19.0. The lowest BCUT2D eigenvalue weighted by molar-refractivity contribution is -0.160. The van der Waals surface area contributed by atoms with Crippen LogP contribution in [0.25, 0.3) is 0 Å². The van der Waals surface area contributed by atoms with Crippen molar-refractivity contribution in [3.63, 3.8) is 0 Å². The Morgan fingerprint density at radius 2 is 2.04 bits per heavy atom. The normalized spacial score (nSPS) is 52.3. The van der Waals surface area contributed by atoms with E-state index in [1.807, 2.05) is 0 Å². The molecule has 0 spiro atoms. The lowest BCUT2D eigenvalue weighted by atomic mass is 9.59. The molecule has 4 fully saturated rings. The van der Waals surface area contributed by atoms with Crippen LogP contribution < -0.4 is 0 Å². The summed E-state index contributed by atoms with van der Waals surface area (Å²) in [5, 5.41) is 10.6. The molecule has 2 bridgehead atoms. The van der Waals surface area contributed by atoms with Gasteiger partial charge in [-0.15, -0.1) is 0 Å². The molecule has 0 unspecified atom stereocenters. The van der Waals surface area contributed by atoms with Gasteiger partial charge in [0.05, 0.1) is 30.5 Å². The van der Waals surface area contributed by atoms with Crippen molar-refractivity contribution in [2.24, 2.45) is 29.6 Å². The van der Waals surface area contributed by atoms with E-state index in [0.29, 0.717) is 30.6 Å². The Labute approximate surface area is 162 Å². The van der Waals surface area contributed by atoms with E-state index in [1.54, 1.807) is 0 Å². The van der Waals surface area contributed by atoms with Crippen LogP contribution in [0.5, 0.6) is 0 Å². The minimum absolute atomic E-state index is 0.0221. The zero-order valence-electron chi connectivity index (χ0n) is 17.0. The van der Waals surface area contributed by atoms with Gasteiger partial charge in [0.2, 0.25) is 0 Å². The fourth-order valence-corrected chi connectivity index (χ4v) is 6.36. The fourth-order valence-electron chi connectivity index (χ4n) is 6.36. The van der Waals surface area contributed by atoms with Gasteiger partial charge in [-0.05, 0) is 61.9 Å². The summed E-state index contributed by atoms with van der Waals surface area (Å²) in [6, 6.07) is 0. The zero-order chi connectivity index (χ0) is 19.5. The first-order chi connectivity index (χ1) is 12.7. The minimum Gasteiger partial charge on any atom is -0.462 e. The van der Waals surface area contributed by atoms with Crippen LogP contribution in [-0.2, 0) is 19.0 Å². The molecule has 4 aliphatic rings. The summed E-state index contributed by atoms with van der Waals surface area (Å²) in [6.07, 6.45) is 2.29. The van der Waals surface area contributed by atoms with E-state index in [-0.39, 0.29) is 36.1 Å². The Kier molecular flexibility index (Phi) is 4.93. The van der Waals surface area contributed by atoms with E-state index in [4.69, 9.17) is 14.2 Å². The van der Waals surface area contributed by atoms with Crippen molar-refractivity contribution in [2.75, 3.05) is 6.61 Å². The summed E-state index contributed by atoms with van der Waals surface area (Å²) in [6.45, 7) is 13.0. The molecule has 3 heterocycles. The molecule has 1 saturated carbocycles. The Morgan fingerprint density at radius 1 is 1.30 bits per heavy atom. The number of fused-ring (bicyclic) bond motifs is 2. The van der Waals surface area contributed by atoms with Gasteiger partial charge in [0.1, 0.15) is 6.10 Å². The van der Waals surface area contributed by atoms with E-state index in [2.05, 4.69) is 27.4 Å². The van der Waals surface area contributed by atoms with Gasteiger partial charge in [-0.2, -0.15) is 0 Å². The molecule has 0 amide bonds. The highest BCUT2D eigenvalue weighted by Gasteiger charge is 2.63. The Morgan fingerprint density at radius 3 is 2.74 bits per heavy atom. The quantitative estimate of drug-likeness (QED) is 0.561. The first kappa shape index (κ1) is 19.4. The number of hydrogen-bond donors (Lipinski definition) is 1. The topological polar surface area (TPSA) is 65.0 Å². The van der Waals surface area contributed by atoms with E-state index < -0.39 is 11.7 Å². The lowest BCUT2D eigenvalue weighted by Gasteiger charge is -2.46. The predicted molar refractivity (Wildman–Crippen MR) is 101 cm³/mol. The van der Waals surface area contributed by atoms with Gasteiger partial charge in [-0.1, -0.05) is 20.4 Å². The van der Waals surface area contributed by atoms with Gasteiger partial charge < -0.3 is 19.3 Å². The number of aliphatic hydroxyl groups is 1. The molecule has 152 valence electrons. The molecular formula is C22H34O5. The fraction of sp³-hybridized carbons (Fsp3) is 0.864. The molecule has 5 heteroatoms. The Balaban J connectivity index is 1.79. The molecule has 0 aromatic carbocycles. The molecule has 1 aliphatic carbocycles. The van der Waals surface area contributed by atoms with Gasteiger partial charge in [0, 0.05) is 12.8 Å². The number of hydrogen-bond acceptors (Lipinski definition) is 5. The van der Waals surface area contributed by atoms with Crippen LogP contribution in [0.4, 0.5) is 0 Å². The highest BCUT2D eigenvalue weighted by molar-refractivity contribution is 5.66. The third-order valence-electron chi connectivity index (χ3n) is 7.78. The molecule has 3 aliphatic heterocycles. The average Bonchev–Trinajstić information content (AvgIpc) is 2.95. The Hall–Kier alpha value is -0.910. The summed E-state index contributed by atoms with van der Waals surface area (Å²) >= 11 is 0. The maximum absolute atomic E-state index is 11.9. The highest BCUT2D eigenvalue weighted by atomic mass is 16.6. The van der Waals surface area contributed by atoms with Crippen molar-refractivity contribution in [3.05, 3.63) is 12.2 Å². The van der Waals surface area contributed by atoms with Crippen LogP contribution in [-0.4, -0.2) is 47.7 Å².